The van der Waals surface area contributed by atoms with Crippen molar-refractivity contribution in [3.05, 3.63) is 35.9 Å². The van der Waals surface area contributed by atoms with Gasteiger partial charge in [-0.3, -0.25) is 0 Å². The standard InChI is InChI=1S/C15H25NO/c1-3-8-15(13-9-6-5-7-10-13)16-14(4-2)11-12-17/h5-7,9-10,14-17H,3-4,8,11-12H2,1-2H3. The van der Waals surface area contributed by atoms with Crippen molar-refractivity contribution in [3.63, 3.8) is 0 Å². The summed E-state index contributed by atoms with van der Waals surface area (Å²) in [7, 11) is 0. The van der Waals surface area contributed by atoms with Gasteiger partial charge in [0.25, 0.3) is 0 Å². The second-order valence-corrected chi connectivity index (χ2v) is 4.54. The highest BCUT2D eigenvalue weighted by Gasteiger charge is 2.14. The minimum Gasteiger partial charge on any atom is -0.396 e. The quantitative estimate of drug-likeness (QED) is 0.724. The fraction of sp³-hybridized carbons (Fsp3) is 0.600. The first-order valence-electron chi connectivity index (χ1n) is 6.73. The minimum absolute atomic E-state index is 0.263. The average molecular weight is 235 g/mol. The molecule has 2 heteroatoms. The zero-order valence-corrected chi connectivity index (χ0v) is 11.0. The minimum atomic E-state index is 0.263. The van der Waals surface area contributed by atoms with Gasteiger partial charge in [-0.25, -0.2) is 0 Å². The number of hydrogen-bond acceptors (Lipinski definition) is 2. The lowest BCUT2D eigenvalue weighted by molar-refractivity contribution is 0.253. The van der Waals surface area contributed by atoms with Crippen molar-refractivity contribution < 1.29 is 5.11 Å². The van der Waals surface area contributed by atoms with E-state index in [0.717, 1.165) is 19.3 Å². The van der Waals surface area contributed by atoms with Crippen molar-refractivity contribution >= 4 is 0 Å². The highest BCUT2D eigenvalue weighted by molar-refractivity contribution is 5.18. The fourth-order valence-corrected chi connectivity index (χ4v) is 2.17. The van der Waals surface area contributed by atoms with Crippen LogP contribution in [-0.2, 0) is 0 Å². The number of hydrogen-bond donors (Lipinski definition) is 2. The largest absolute Gasteiger partial charge is 0.396 e. The number of rotatable bonds is 8. The van der Waals surface area contributed by atoms with Gasteiger partial charge in [0.05, 0.1) is 0 Å². The Balaban J connectivity index is 2.65. The summed E-state index contributed by atoms with van der Waals surface area (Å²) >= 11 is 0. The number of benzene rings is 1. The maximum atomic E-state index is 9.04. The molecule has 0 amide bonds. The van der Waals surface area contributed by atoms with Crippen LogP contribution < -0.4 is 5.32 Å². The Morgan fingerprint density at radius 1 is 1.12 bits per heavy atom. The lowest BCUT2D eigenvalue weighted by Crippen LogP contribution is -2.33. The Hall–Kier alpha value is -0.860. The molecule has 0 spiro atoms. The molecule has 1 aromatic carbocycles. The summed E-state index contributed by atoms with van der Waals surface area (Å²) in [4.78, 5) is 0. The Kier molecular flexibility index (Phi) is 6.90. The molecule has 0 radical (unpaired) electrons. The molecule has 2 N–H and O–H groups in total. The van der Waals surface area contributed by atoms with Crippen LogP contribution in [0.15, 0.2) is 30.3 Å². The maximum Gasteiger partial charge on any atom is 0.0445 e. The molecule has 0 aliphatic heterocycles. The van der Waals surface area contributed by atoms with Crippen molar-refractivity contribution in [1.82, 2.24) is 5.32 Å². The summed E-state index contributed by atoms with van der Waals surface area (Å²) in [6, 6.07) is 11.4. The summed E-state index contributed by atoms with van der Waals surface area (Å²) in [6.07, 6.45) is 4.21. The first-order valence-corrected chi connectivity index (χ1v) is 6.73. The van der Waals surface area contributed by atoms with Crippen LogP contribution in [0.4, 0.5) is 0 Å². The summed E-state index contributed by atoms with van der Waals surface area (Å²) in [5.41, 5.74) is 1.35. The van der Waals surface area contributed by atoms with Crippen LogP contribution >= 0.6 is 0 Å². The van der Waals surface area contributed by atoms with Crippen LogP contribution in [0.25, 0.3) is 0 Å². The third kappa shape index (κ3) is 4.88. The van der Waals surface area contributed by atoms with Gasteiger partial charge in [0.15, 0.2) is 0 Å². The summed E-state index contributed by atoms with van der Waals surface area (Å²) in [6.45, 7) is 4.64. The van der Waals surface area contributed by atoms with Crippen LogP contribution in [0.5, 0.6) is 0 Å². The van der Waals surface area contributed by atoms with Gasteiger partial charge in [0, 0.05) is 18.7 Å². The van der Waals surface area contributed by atoms with Crippen molar-refractivity contribution in [1.29, 1.82) is 0 Å². The maximum absolute atomic E-state index is 9.04. The first-order chi connectivity index (χ1) is 8.31. The molecule has 2 nitrogen and oxygen atoms in total. The SMILES string of the molecule is CCCC(NC(CC)CCO)c1ccccc1. The smallest absolute Gasteiger partial charge is 0.0445 e. The molecule has 0 heterocycles. The van der Waals surface area contributed by atoms with Crippen molar-refractivity contribution in [2.24, 2.45) is 0 Å². The highest BCUT2D eigenvalue weighted by Crippen LogP contribution is 2.19. The van der Waals surface area contributed by atoms with Gasteiger partial charge in [0.2, 0.25) is 0 Å². The molecule has 1 rings (SSSR count). The topological polar surface area (TPSA) is 32.3 Å². The number of aliphatic hydroxyl groups excluding tert-OH is 1. The van der Waals surface area contributed by atoms with Gasteiger partial charge in [-0.1, -0.05) is 50.6 Å². The van der Waals surface area contributed by atoms with Crippen LogP contribution in [0.1, 0.15) is 51.1 Å². The van der Waals surface area contributed by atoms with Crippen LogP contribution in [-0.4, -0.2) is 17.8 Å². The van der Waals surface area contributed by atoms with E-state index in [0.29, 0.717) is 12.1 Å². The van der Waals surface area contributed by atoms with Gasteiger partial charge >= 0.3 is 0 Å². The monoisotopic (exact) mass is 235 g/mol. The van der Waals surface area contributed by atoms with E-state index in [-0.39, 0.29) is 6.61 Å². The fourth-order valence-electron chi connectivity index (χ4n) is 2.17. The predicted octanol–water partition coefficient (Wildman–Crippen LogP) is 3.28. The van der Waals surface area contributed by atoms with Gasteiger partial charge < -0.3 is 10.4 Å². The van der Waals surface area contributed by atoms with E-state index in [1.165, 1.54) is 12.0 Å². The van der Waals surface area contributed by atoms with Crippen LogP contribution in [0.2, 0.25) is 0 Å². The van der Waals surface area contributed by atoms with Crippen molar-refractivity contribution in [3.8, 4) is 0 Å². The molecule has 0 aromatic heterocycles. The molecule has 1 aromatic rings. The van der Waals surface area contributed by atoms with Gasteiger partial charge in [-0.05, 0) is 24.8 Å². The Labute approximate surface area is 105 Å². The molecule has 0 aliphatic rings. The van der Waals surface area contributed by atoms with Crippen molar-refractivity contribution in [2.75, 3.05) is 6.61 Å². The molecule has 2 unspecified atom stereocenters. The van der Waals surface area contributed by atoms with Crippen LogP contribution in [0.3, 0.4) is 0 Å². The molecule has 0 aliphatic carbocycles. The molecule has 96 valence electrons. The van der Waals surface area contributed by atoms with Gasteiger partial charge in [0.1, 0.15) is 0 Å². The summed E-state index contributed by atoms with van der Waals surface area (Å²) in [5.74, 6) is 0. The Morgan fingerprint density at radius 3 is 2.35 bits per heavy atom. The predicted molar refractivity (Wildman–Crippen MR) is 73.0 cm³/mol. The van der Waals surface area contributed by atoms with Gasteiger partial charge in [-0.15, -0.1) is 0 Å². The molecular formula is C15H25NO. The number of aliphatic hydroxyl groups is 1. The van der Waals surface area contributed by atoms with E-state index in [4.69, 9.17) is 5.11 Å². The molecule has 0 saturated carbocycles. The molecular weight excluding hydrogens is 210 g/mol. The first kappa shape index (κ1) is 14.2. The lowest BCUT2D eigenvalue weighted by Gasteiger charge is -2.25. The van der Waals surface area contributed by atoms with Gasteiger partial charge in [-0.2, -0.15) is 0 Å². The zero-order chi connectivity index (χ0) is 12.5. The molecule has 2 atom stereocenters. The average Bonchev–Trinajstić information content (AvgIpc) is 2.38. The Bertz CT molecular complexity index is 286. The highest BCUT2D eigenvalue weighted by atomic mass is 16.3. The van der Waals surface area contributed by atoms with E-state index in [9.17, 15) is 0 Å². The normalized spacial score (nSPS) is 14.5. The second-order valence-electron chi connectivity index (χ2n) is 4.54. The van der Waals surface area contributed by atoms with E-state index >= 15 is 0 Å². The second kappa shape index (κ2) is 8.26. The Morgan fingerprint density at radius 2 is 1.82 bits per heavy atom. The van der Waals surface area contributed by atoms with E-state index in [1.54, 1.807) is 0 Å². The van der Waals surface area contributed by atoms with Crippen molar-refractivity contribution in [2.45, 2.75) is 51.6 Å². The summed E-state index contributed by atoms with van der Waals surface area (Å²) in [5, 5.41) is 12.7. The third-order valence-electron chi connectivity index (χ3n) is 3.19. The van der Waals surface area contributed by atoms with E-state index in [1.807, 2.05) is 0 Å². The third-order valence-corrected chi connectivity index (χ3v) is 3.19. The zero-order valence-electron chi connectivity index (χ0n) is 11.0. The molecule has 0 fully saturated rings. The number of nitrogens with one attached hydrogen (secondary N) is 1. The van der Waals surface area contributed by atoms with Crippen LogP contribution in [0, 0.1) is 0 Å². The molecule has 17 heavy (non-hydrogen) atoms. The molecule has 0 bridgehead atoms. The van der Waals surface area contributed by atoms with E-state index in [2.05, 4.69) is 49.5 Å². The van der Waals surface area contributed by atoms with E-state index < -0.39 is 0 Å². The molecule has 0 saturated heterocycles. The summed E-state index contributed by atoms with van der Waals surface area (Å²) < 4.78 is 0. The lowest BCUT2D eigenvalue weighted by atomic mass is 10.00.